The van der Waals surface area contributed by atoms with Gasteiger partial charge in [-0.05, 0) is 93.8 Å². The lowest BCUT2D eigenvalue weighted by molar-refractivity contribution is -0.222. The second-order valence-corrected chi connectivity index (χ2v) is 11.1. The van der Waals surface area contributed by atoms with Crippen molar-refractivity contribution in [3.8, 4) is 0 Å². The van der Waals surface area contributed by atoms with Crippen LogP contribution in [0.3, 0.4) is 0 Å². The van der Waals surface area contributed by atoms with Gasteiger partial charge in [-0.1, -0.05) is 20.8 Å². The fraction of sp³-hybridized carbons (Fsp3) is 0.917. The van der Waals surface area contributed by atoms with E-state index in [0.29, 0.717) is 30.6 Å². The molecule has 0 saturated heterocycles. The van der Waals surface area contributed by atoms with Crippen LogP contribution in [-0.4, -0.2) is 23.1 Å². The lowest BCUT2D eigenvalue weighted by Gasteiger charge is -2.65. The summed E-state index contributed by atoms with van der Waals surface area (Å²) in [5, 5.41) is 10.2. The molecule has 1 N–H and O–H groups in total. The Hall–Kier alpha value is -1.06. The molecule has 4 aliphatic rings. The number of rotatable bonds is 4. The van der Waals surface area contributed by atoms with Gasteiger partial charge in [-0.15, -0.1) is 0 Å². The van der Waals surface area contributed by atoms with Crippen LogP contribution in [0.1, 0.15) is 91.9 Å². The number of ether oxygens (including phenoxy) is 1. The fourth-order valence-corrected chi connectivity index (χ4v) is 8.54. The fourth-order valence-electron chi connectivity index (χ4n) is 8.54. The number of carboxylic acids is 1. The molecular weight excluding hydrogens is 352 g/mol. The zero-order chi connectivity index (χ0) is 20.3. The number of aliphatic carboxylic acids is 1. The van der Waals surface area contributed by atoms with Gasteiger partial charge < -0.3 is 9.84 Å². The topological polar surface area (TPSA) is 63.6 Å². The van der Waals surface area contributed by atoms with Gasteiger partial charge in [0, 0.05) is 11.8 Å². The van der Waals surface area contributed by atoms with Gasteiger partial charge in [0.2, 0.25) is 0 Å². The molecule has 0 amide bonds. The zero-order valence-electron chi connectivity index (χ0n) is 18.1. The summed E-state index contributed by atoms with van der Waals surface area (Å²) in [4.78, 5) is 24.8. The molecule has 4 nitrogen and oxygen atoms in total. The smallest absolute Gasteiger partial charge is 0.309 e. The molecule has 0 aliphatic heterocycles. The molecule has 0 aromatic rings. The maximum Gasteiger partial charge on any atom is 0.309 e. The zero-order valence-corrected chi connectivity index (χ0v) is 18.1. The average molecular weight is 391 g/mol. The molecule has 4 heteroatoms. The highest BCUT2D eigenvalue weighted by Gasteiger charge is 2.68. The summed E-state index contributed by atoms with van der Waals surface area (Å²) in [5.41, 5.74) is -0.576. The van der Waals surface area contributed by atoms with Crippen LogP contribution in [-0.2, 0) is 14.3 Å². The molecule has 0 aromatic carbocycles. The lowest BCUT2D eigenvalue weighted by atomic mass is 9.40. The van der Waals surface area contributed by atoms with Crippen LogP contribution in [0.25, 0.3) is 0 Å². The van der Waals surface area contributed by atoms with E-state index < -0.39 is 11.4 Å². The third kappa shape index (κ3) is 2.69. The monoisotopic (exact) mass is 390 g/mol. The van der Waals surface area contributed by atoms with Gasteiger partial charge in [0.15, 0.2) is 0 Å². The summed E-state index contributed by atoms with van der Waals surface area (Å²) in [6.45, 7) is 8.68. The van der Waals surface area contributed by atoms with Gasteiger partial charge in [0.05, 0.1) is 5.41 Å². The van der Waals surface area contributed by atoms with E-state index in [2.05, 4.69) is 13.8 Å². The summed E-state index contributed by atoms with van der Waals surface area (Å²) in [6.07, 6.45) is 9.60. The molecule has 0 unspecified atom stereocenters. The highest BCUT2D eigenvalue weighted by atomic mass is 16.5. The lowest BCUT2D eigenvalue weighted by Crippen LogP contribution is -2.64. The summed E-state index contributed by atoms with van der Waals surface area (Å²) >= 11 is 0. The van der Waals surface area contributed by atoms with E-state index in [0.717, 1.165) is 31.1 Å². The van der Waals surface area contributed by atoms with Crippen molar-refractivity contribution < 1.29 is 19.4 Å². The van der Waals surface area contributed by atoms with Crippen molar-refractivity contribution in [1.82, 2.24) is 0 Å². The largest absolute Gasteiger partial charge is 0.481 e. The quantitative estimate of drug-likeness (QED) is 0.649. The molecule has 0 aromatic heterocycles. The Labute approximate surface area is 169 Å². The van der Waals surface area contributed by atoms with E-state index in [1.807, 2.05) is 13.8 Å². The summed E-state index contributed by atoms with van der Waals surface area (Å²) in [7, 11) is 0. The maximum atomic E-state index is 12.5. The van der Waals surface area contributed by atoms with Crippen molar-refractivity contribution >= 4 is 11.9 Å². The molecule has 1 spiro atoms. The molecule has 28 heavy (non-hydrogen) atoms. The number of carbonyl (C=O) groups is 2. The Morgan fingerprint density at radius 1 is 1.04 bits per heavy atom. The molecule has 4 fully saturated rings. The minimum Gasteiger partial charge on any atom is -0.481 e. The third-order valence-electron chi connectivity index (χ3n) is 9.80. The van der Waals surface area contributed by atoms with Crippen molar-refractivity contribution in [2.45, 2.75) is 98.0 Å². The predicted octanol–water partition coefficient (Wildman–Crippen LogP) is 5.44. The van der Waals surface area contributed by atoms with Crippen molar-refractivity contribution in [2.75, 3.05) is 0 Å². The number of esters is 1. The minimum atomic E-state index is -0.703. The van der Waals surface area contributed by atoms with E-state index in [9.17, 15) is 14.7 Å². The van der Waals surface area contributed by atoms with Gasteiger partial charge in [-0.3, -0.25) is 9.59 Å². The first kappa shape index (κ1) is 20.2. The van der Waals surface area contributed by atoms with Crippen LogP contribution in [0.5, 0.6) is 0 Å². The highest BCUT2D eigenvalue weighted by molar-refractivity contribution is 5.75. The van der Waals surface area contributed by atoms with Gasteiger partial charge >= 0.3 is 11.9 Å². The van der Waals surface area contributed by atoms with Crippen molar-refractivity contribution in [1.29, 1.82) is 0 Å². The van der Waals surface area contributed by atoms with Crippen LogP contribution in [0.2, 0.25) is 0 Å². The Bertz CT molecular complexity index is 655. The Morgan fingerprint density at radius 2 is 1.79 bits per heavy atom. The number of hydrogen-bond acceptors (Lipinski definition) is 3. The third-order valence-corrected chi connectivity index (χ3v) is 9.80. The summed E-state index contributed by atoms with van der Waals surface area (Å²) in [6, 6.07) is 0. The highest BCUT2D eigenvalue weighted by Crippen LogP contribution is 2.72. The number of fused-ring (bicyclic) bond motifs is 3. The Kier molecular flexibility index (Phi) is 4.87. The first-order valence-corrected chi connectivity index (χ1v) is 11.6. The molecule has 2 bridgehead atoms. The number of carbonyl (C=O) groups excluding carboxylic acids is 1. The van der Waals surface area contributed by atoms with Crippen LogP contribution in [0.15, 0.2) is 0 Å². The predicted molar refractivity (Wildman–Crippen MR) is 108 cm³/mol. The van der Waals surface area contributed by atoms with E-state index in [1.54, 1.807) is 0 Å². The first-order chi connectivity index (χ1) is 13.2. The second-order valence-electron chi connectivity index (χ2n) is 11.1. The molecule has 4 rings (SSSR count). The van der Waals surface area contributed by atoms with Gasteiger partial charge in [-0.2, -0.15) is 0 Å². The number of carboxylic acid groups (broad SMARTS) is 1. The van der Waals surface area contributed by atoms with Gasteiger partial charge in [0.1, 0.15) is 6.10 Å². The van der Waals surface area contributed by atoms with E-state index in [-0.39, 0.29) is 23.4 Å². The number of hydrogen-bond donors (Lipinski definition) is 1. The van der Waals surface area contributed by atoms with Crippen LogP contribution >= 0.6 is 0 Å². The summed E-state index contributed by atoms with van der Waals surface area (Å²) < 4.78 is 6.12. The molecule has 8 atom stereocenters. The van der Waals surface area contributed by atoms with E-state index in [4.69, 9.17) is 4.74 Å². The van der Waals surface area contributed by atoms with E-state index in [1.165, 1.54) is 25.7 Å². The van der Waals surface area contributed by atoms with Gasteiger partial charge in [-0.25, -0.2) is 0 Å². The van der Waals surface area contributed by atoms with Crippen LogP contribution < -0.4 is 0 Å². The first-order valence-electron chi connectivity index (χ1n) is 11.6. The molecule has 4 aliphatic carbocycles. The normalized spacial score (nSPS) is 49.8. The van der Waals surface area contributed by atoms with Crippen molar-refractivity contribution in [3.63, 3.8) is 0 Å². The van der Waals surface area contributed by atoms with E-state index >= 15 is 0 Å². The molecular formula is C24H38O4. The van der Waals surface area contributed by atoms with Crippen molar-refractivity contribution in [2.24, 2.45) is 39.9 Å². The van der Waals surface area contributed by atoms with Crippen LogP contribution in [0.4, 0.5) is 0 Å². The molecule has 4 saturated carbocycles. The second kappa shape index (κ2) is 6.74. The SMILES string of the molecule is CCCC(=O)O[C@H]1CC[C@@](C)(C(=O)O)[C@H]2CC[C@@]34C[C@H](CC[C@H]3[C@]12C)[C@@H](C)C4. The Balaban J connectivity index is 1.74. The molecule has 158 valence electrons. The molecule has 0 heterocycles. The van der Waals surface area contributed by atoms with Crippen molar-refractivity contribution in [3.05, 3.63) is 0 Å². The Morgan fingerprint density at radius 3 is 2.46 bits per heavy atom. The standard InChI is InChI=1S/C24H38O4/c1-5-6-20(25)28-19-10-11-22(3,21(26)27)17-9-12-24-13-15(2)16(14-24)7-8-18(24)23(17,19)4/h15-19H,5-14H2,1-4H3,(H,26,27)/t15-,16-,17+,18-,19-,22+,23+,24+/m0/s1. The molecule has 0 radical (unpaired) electrons. The average Bonchev–Trinajstić information content (AvgIpc) is 2.86. The minimum absolute atomic E-state index is 0.0914. The van der Waals surface area contributed by atoms with Crippen LogP contribution in [0, 0.1) is 39.9 Å². The summed E-state index contributed by atoms with van der Waals surface area (Å²) in [5.74, 6) is 1.44. The maximum absolute atomic E-state index is 12.5. The van der Waals surface area contributed by atoms with Gasteiger partial charge in [0.25, 0.3) is 0 Å².